The molecular formula is C19H28N4OS. The number of nitrogens with one attached hydrogen (secondary N) is 2. The van der Waals surface area contributed by atoms with Crippen LogP contribution in [0.15, 0.2) is 46.8 Å². The molecule has 0 amide bonds. The van der Waals surface area contributed by atoms with Crippen molar-refractivity contribution in [2.45, 2.75) is 12.5 Å². The third kappa shape index (κ3) is 5.76. The van der Waals surface area contributed by atoms with Crippen molar-refractivity contribution < 1.29 is 4.74 Å². The molecule has 1 heterocycles. The van der Waals surface area contributed by atoms with Gasteiger partial charge in [0.1, 0.15) is 5.75 Å². The van der Waals surface area contributed by atoms with Crippen LogP contribution in [0.25, 0.3) is 0 Å². The van der Waals surface area contributed by atoms with Crippen LogP contribution in [0.2, 0.25) is 0 Å². The van der Waals surface area contributed by atoms with E-state index >= 15 is 0 Å². The Morgan fingerprint density at radius 3 is 2.64 bits per heavy atom. The first kappa shape index (κ1) is 19.3. The largest absolute Gasteiger partial charge is 0.496 e. The molecule has 1 aromatic heterocycles. The molecule has 0 fully saturated rings. The molecule has 1 aromatic carbocycles. The van der Waals surface area contributed by atoms with Crippen LogP contribution in [-0.2, 0) is 6.42 Å². The number of aliphatic imine (C=N–C) groups is 1. The van der Waals surface area contributed by atoms with E-state index in [-0.39, 0.29) is 0 Å². The molecule has 25 heavy (non-hydrogen) atoms. The summed E-state index contributed by atoms with van der Waals surface area (Å²) in [5, 5.41) is 8.92. The molecule has 0 aliphatic rings. The third-order valence-electron chi connectivity index (χ3n) is 4.06. The fraction of sp³-hybridized carbons (Fsp3) is 0.421. The minimum absolute atomic E-state index is 0.327. The molecule has 5 nitrogen and oxygen atoms in total. The van der Waals surface area contributed by atoms with Crippen molar-refractivity contribution in [3.8, 4) is 5.75 Å². The maximum Gasteiger partial charge on any atom is 0.191 e. The van der Waals surface area contributed by atoms with Crippen LogP contribution in [0.3, 0.4) is 0 Å². The number of hydrogen-bond donors (Lipinski definition) is 2. The predicted molar refractivity (Wildman–Crippen MR) is 107 cm³/mol. The summed E-state index contributed by atoms with van der Waals surface area (Å²) in [6.45, 7) is 1.60. The Labute approximate surface area is 154 Å². The van der Waals surface area contributed by atoms with Crippen LogP contribution >= 0.6 is 11.3 Å². The average molecular weight is 361 g/mol. The number of benzene rings is 1. The van der Waals surface area contributed by atoms with E-state index in [1.165, 1.54) is 10.4 Å². The number of thiophene rings is 1. The van der Waals surface area contributed by atoms with Gasteiger partial charge in [0.15, 0.2) is 5.96 Å². The maximum absolute atomic E-state index is 5.40. The lowest BCUT2D eigenvalue weighted by molar-refractivity contribution is 0.302. The zero-order valence-electron chi connectivity index (χ0n) is 15.5. The Morgan fingerprint density at radius 1 is 1.20 bits per heavy atom. The predicted octanol–water partition coefficient (Wildman–Crippen LogP) is 2.77. The zero-order chi connectivity index (χ0) is 18.1. The Balaban J connectivity index is 1.84. The van der Waals surface area contributed by atoms with E-state index in [4.69, 9.17) is 4.74 Å². The van der Waals surface area contributed by atoms with Gasteiger partial charge in [0.05, 0.1) is 13.2 Å². The first-order valence-corrected chi connectivity index (χ1v) is 9.30. The van der Waals surface area contributed by atoms with Crippen LogP contribution in [-0.4, -0.2) is 52.2 Å². The number of guanidine groups is 1. The Hall–Kier alpha value is -2.05. The van der Waals surface area contributed by atoms with Crippen molar-refractivity contribution in [3.05, 3.63) is 52.2 Å². The standard InChI is InChI=1S/C19H28N4OS/c1-20-19(21-12-11-15-8-5-6-9-17(15)24-4)22-14-16(23(2)3)18-10-7-13-25-18/h5-10,13,16H,11-12,14H2,1-4H3,(H2,20,21,22). The molecule has 136 valence electrons. The van der Waals surface area contributed by atoms with Gasteiger partial charge in [-0.1, -0.05) is 24.3 Å². The summed E-state index contributed by atoms with van der Waals surface area (Å²) in [4.78, 5) is 7.89. The van der Waals surface area contributed by atoms with E-state index in [0.29, 0.717) is 6.04 Å². The molecule has 1 atom stereocenters. The fourth-order valence-electron chi connectivity index (χ4n) is 2.66. The van der Waals surface area contributed by atoms with Gasteiger partial charge in [-0.15, -0.1) is 11.3 Å². The van der Waals surface area contributed by atoms with E-state index in [1.807, 2.05) is 18.2 Å². The Kier molecular flexibility index (Phi) is 7.76. The smallest absolute Gasteiger partial charge is 0.191 e. The lowest BCUT2D eigenvalue weighted by Gasteiger charge is -2.24. The quantitative estimate of drug-likeness (QED) is 0.561. The van der Waals surface area contributed by atoms with Crippen LogP contribution in [0.5, 0.6) is 5.75 Å². The van der Waals surface area contributed by atoms with Crippen molar-refractivity contribution >= 4 is 17.3 Å². The topological polar surface area (TPSA) is 48.9 Å². The molecule has 0 aliphatic carbocycles. The molecule has 0 spiro atoms. The van der Waals surface area contributed by atoms with Gasteiger partial charge in [0.25, 0.3) is 0 Å². The molecule has 2 aromatic rings. The highest BCUT2D eigenvalue weighted by molar-refractivity contribution is 7.10. The third-order valence-corrected chi connectivity index (χ3v) is 5.03. The van der Waals surface area contributed by atoms with Crippen LogP contribution in [0.1, 0.15) is 16.5 Å². The van der Waals surface area contributed by atoms with Gasteiger partial charge < -0.3 is 20.3 Å². The molecule has 2 N–H and O–H groups in total. The van der Waals surface area contributed by atoms with Gasteiger partial charge >= 0.3 is 0 Å². The van der Waals surface area contributed by atoms with E-state index < -0.39 is 0 Å². The summed E-state index contributed by atoms with van der Waals surface area (Å²) in [7, 11) is 7.71. The summed E-state index contributed by atoms with van der Waals surface area (Å²) in [6.07, 6.45) is 0.882. The highest BCUT2D eigenvalue weighted by atomic mass is 32.1. The zero-order valence-corrected chi connectivity index (χ0v) is 16.3. The van der Waals surface area contributed by atoms with Gasteiger partial charge in [-0.05, 0) is 43.6 Å². The highest BCUT2D eigenvalue weighted by Gasteiger charge is 2.15. The summed E-state index contributed by atoms with van der Waals surface area (Å²) >= 11 is 1.78. The van der Waals surface area contributed by atoms with E-state index in [0.717, 1.165) is 31.2 Å². The molecule has 0 aliphatic heterocycles. The second-order valence-corrected chi connectivity index (χ2v) is 6.92. The van der Waals surface area contributed by atoms with Gasteiger partial charge in [0, 0.05) is 25.0 Å². The molecule has 1 unspecified atom stereocenters. The Morgan fingerprint density at radius 2 is 2.00 bits per heavy atom. The Bertz CT molecular complexity index is 655. The van der Waals surface area contributed by atoms with Gasteiger partial charge in [0.2, 0.25) is 0 Å². The van der Waals surface area contributed by atoms with Crippen molar-refractivity contribution in [2.24, 2.45) is 4.99 Å². The monoisotopic (exact) mass is 360 g/mol. The molecule has 0 radical (unpaired) electrons. The molecule has 0 saturated carbocycles. The minimum Gasteiger partial charge on any atom is -0.496 e. The van der Waals surface area contributed by atoms with Gasteiger partial charge in [-0.2, -0.15) is 0 Å². The van der Waals surface area contributed by atoms with Gasteiger partial charge in [-0.3, -0.25) is 4.99 Å². The molecule has 0 bridgehead atoms. The maximum atomic E-state index is 5.40. The number of likely N-dealkylation sites (N-methyl/N-ethyl adjacent to an activating group) is 1. The normalized spacial score (nSPS) is 12.9. The number of methoxy groups -OCH3 is 1. The summed E-state index contributed by atoms with van der Waals surface area (Å²) < 4.78 is 5.40. The van der Waals surface area contributed by atoms with Crippen molar-refractivity contribution in [3.63, 3.8) is 0 Å². The average Bonchev–Trinajstić information content (AvgIpc) is 3.14. The first-order chi connectivity index (χ1) is 12.2. The number of ether oxygens (including phenoxy) is 1. The second kappa shape index (κ2) is 10.1. The molecular weight excluding hydrogens is 332 g/mol. The van der Waals surface area contributed by atoms with Crippen LogP contribution in [0, 0.1) is 0 Å². The van der Waals surface area contributed by atoms with Crippen LogP contribution < -0.4 is 15.4 Å². The molecule has 6 heteroatoms. The summed E-state index contributed by atoms with van der Waals surface area (Å²) in [5.74, 6) is 1.75. The molecule has 2 rings (SSSR count). The van der Waals surface area contributed by atoms with Crippen LogP contribution in [0.4, 0.5) is 0 Å². The number of nitrogens with zero attached hydrogens (tertiary/aromatic N) is 2. The summed E-state index contributed by atoms with van der Waals surface area (Å²) in [6, 6.07) is 12.7. The van der Waals surface area contributed by atoms with E-state index in [1.54, 1.807) is 25.5 Å². The lowest BCUT2D eigenvalue weighted by Crippen LogP contribution is -2.42. The second-order valence-electron chi connectivity index (χ2n) is 5.94. The van der Waals surface area contributed by atoms with Crippen molar-refractivity contribution in [1.29, 1.82) is 0 Å². The first-order valence-electron chi connectivity index (χ1n) is 8.42. The van der Waals surface area contributed by atoms with Crippen molar-refractivity contribution in [2.75, 3.05) is 41.3 Å². The SMILES string of the molecule is CN=C(NCCc1ccccc1OC)NCC(c1cccs1)N(C)C. The number of para-hydroxylation sites is 1. The van der Waals surface area contributed by atoms with Gasteiger partial charge in [-0.25, -0.2) is 0 Å². The van der Waals surface area contributed by atoms with E-state index in [9.17, 15) is 0 Å². The highest BCUT2D eigenvalue weighted by Crippen LogP contribution is 2.22. The fourth-order valence-corrected chi connectivity index (χ4v) is 3.58. The lowest BCUT2D eigenvalue weighted by atomic mass is 10.1. The number of rotatable bonds is 8. The summed E-state index contributed by atoms with van der Waals surface area (Å²) in [5.41, 5.74) is 1.19. The van der Waals surface area contributed by atoms with Crippen molar-refractivity contribution in [1.82, 2.24) is 15.5 Å². The minimum atomic E-state index is 0.327. The number of hydrogen-bond acceptors (Lipinski definition) is 4. The van der Waals surface area contributed by atoms with E-state index in [2.05, 4.69) is 58.2 Å². The molecule has 0 saturated heterocycles.